The van der Waals surface area contributed by atoms with Crippen LogP contribution in [0.5, 0.6) is 5.75 Å². The number of amides is 4. The minimum atomic E-state index is -2.60. The summed E-state index contributed by atoms with van der Waals surface area (Å²) < 4.78 is 73.0. The number of phenolic OH excluding ortho intramolecular Hbond substituents is 1. The number of fused-ring (bicyclic) bond motifs is 4. The molecule has 4 amide bonds. The van der Waals surface area contributed by atoms with Crippen molar-refractivity contribution < 1.29 is 46.2 Å². The van der Waals surface area contributed by atoms with E-state index >= 15 is 8.78 Å². The highest BCUT2D eigenvalue weighted by molar-refractivity contribution is 6.58. The van der Waals surface area contributed by atoms with Crippen molar-refractivity contribution in [3.05, 3.63) is 70.1 Å². The van der Waals surface area contributed by atoms with Crippen molar-refractivity contribution in [1.29, 1.82) is 0 Å². The van der Waals surface area contributed by atoms with Gasteiger partial charge in [-0.3, -0.25) is 24.1 Å². The Labute approximate surface area is 275 Å². The number of halogens is 7. The number of phenols is 1. The number of nitrogens with zero attached hydrogens (tertiary/aromatic N) is 2. The molecule has 1 N–H and O–H groups in total. The van der Waals surface area contributed by atoms with Gasteiger partial charge in [0.2, 0.25) is 17.6 Å². The van der Waals surface area contributed by atoms with Gasteiger partial charge in [0.05, 0.1) is 11.8 Å². The van der Waals surface area contributed by atoms with Crippen LogP contribution in [0.25, 0.3) is 0 Å². The molecule has 2 aromatic carbocycles. The molecule has 0 bridgehead atoms. The summed E-state index contributed by atoms with van der Waals surface area (Å²) in [5.41, 5.74) is -0.897. The average Bonchev–Trinajstić information content (AvgIpc) is 3.39. The summed E-state index contributed by atoms with van der Waals surface area (Å²) in [5, 5.41) is 10.3. The largest absolute Gasteiger partial charge is 0.508 e. The van der Waals surface area contributed by atoms with Gasteiger partial charge >= 0.3 is 0 Å². The molecule has 0 aromatic heterocycles. The molecule has 7 nitrogen and oxygen atoms in total. The summed E-state index contributed by atoms with van der Waals surface area (Å²) >= 11 is 14.3. The lowest BCUT2D eigenvalue weighted by atomic mass is 9.56. The number of aromatic hydroxyl groups is 1. The molecule has 47 heavy (non-hydrogen) atoms. The van der Waals surface area contributed by atoms with Crippen LogP contribution in [0.2, 0.25) is 0 Å². The number of alkyl halides is 2. The van der Waals surface area contributed by atoms with Gasteiger partial charge in [0.25, 0.3) is 11.8 Å². The van der Waals surface area contributed by atoms with Gasteiger partial charge in [-0.2, -0.15) is 0 Å². The second-order valence-corrected chi connectivity index (χ2v) is 14.3. The van der Waals surface area contributed by atoms with Crippen molar-refractivity contribution in [2.24, 2.45) is 17.8 Å². The van der Waals surface area contributed by atoms with Crippen LogP contribution in [0.4, 0.5) is 27.6 Å². The normalized spacial score (nSPS) is 32.5. The number of hydrogen-bond donors (Lipinski definition) is 1. The Bertz CT molecular complexity index is 1800. The lowest BCUT2D eigenvalue weighted by Crippen LogP contribution is -2.60. The highest BCUT2D eigenvalue weighted by Crippen LogP contribution is 2.66. The number of allylic oxidation sites excluding steroid dienone is 2. The van der Waals surface area contributed by atoms with Crippen LogP contribution in [0, 0.1) is 53.8 Å². The Morgan fingerprint density at radius 2 is 1.45 bits per heavy atom. The minimum Gasteiger partial charge on any atom is -0.508 e. The lowest BCUT2D eigenvalue weighted by Gasteiger charge is -2.50. The Kier molecular flexibility index (Phi) is 7.33. The standard InChI is InChI=1S/C33H27Cl2F5N2O5/c1-13-11-14(7-10-19(13)43)21-16-8-9-17-20(29(45)41(28(17)44)15-5-3-2-4-6-15)18(16)12-32(34)30(46)42(31(47)33(21,32)35)27-25(39)23(37)22(36)24(38)26(27)40/h7-8,10-11,15,17-18,20-21,43H,2-6,9,12H2,1H3. The second-order valence-electron chi connectivity index (χ2n) is 13.1. The Hall–Kier alpha value is -3.51. The zero-order valence-corrected chi connectivity index (χ0v) is 26.3. The van der Waals surface area contributed by atoms with E-state index < -0.39 is 92.3 Å². The van der Waals surface area contributed by atoms with Crippen molar-refractivity contribution >= 4 is 52.5 Å². The van der Waals surface area contributed by atoms with Gasteiger partial charge in [0, 0.05) is 12.0 Å². The number of likely N-dealkylation sites (tertiary alicyclic amines) is 1. The number of rotatable bonds is 3. The number of aryl methyl sites for hydroxylation is 1. The fourth-order valence-electron chi connectivity index (χ4n) is 8.52. The predicted molar refractivity (Wildman–Crippen MR) is 158 cm³/mol. The summed E-state index contributed by atoms with van der Waals surface area (Å²) in [5.74, 6) is -20.3. The van der Waals surface area contributed by atoms with E-state index in [9.17, 15) is 37.5 Å². The predicted octanol–water partition coefficient (Wildman–Crippen LogP) is 6.29. The van der Waals surface area contributed by atoms with Crippen LogP contribution < -0.4 is 4.90 Å². The number of benzene rings is 2. The number of imide groups is 2. The van der Waals surface area contributed by atoms with E-state index in [1.54, 1.807) is 13.0 Å². The quantitative estimate of drug-likeness (QED) is 0.102. The molecule has 248 valence electrons. The zero-order chi connectivity index (χ0) is 33.9. The van der Waals surface area contributed by atoms with Gasteiger partial charge in [0.1, 0.15) is 11.4 Å². The molecule has 14 heteroatoms. The van der Waals surface area contributed by atoms with Crippen LogP contribution >= 0.6 is 23.2 Å². The maximum Gasteiger partial charge on any atom is 0.258 e. The molecule has 0 spiro atoms. The summed E-state index contributed by atoms with van der Waals surface area (Å²) in [6.07, 6.45) is 5.15. The van der Waals surface area contributed by atoms with Crippen LogP contribution in [-0.2, 0) is 19.2 Å². The molecule has 2 saturated heterocycles. The first kappa shape index (κ1) is 32.1. The van der Waals surface area contributed by atoms with E-state index in [-0.39, 0.29) is 34.6 Å². The summed E-state index contributed by atoms with van der Waals surface area (Å²) in [6.45, 7) is 1.54. The highest BCUT2D eigenvalue weighted by atomic mass is 35.5. The van der Waals surface area contributed by atoms with Crippen molar-refractivity contribution in [3.63, 3.8) is 0 Å². The van der Waals surface area contributed by atoms with Gasteiger partial charge in [0.15, 0.2) is 33.0 Å². The Morgan fingerprint density at radius 1 is 0.830 bits per heavy atom. The van der Waals surface area contributed by atoms with Gasteiger partial charge in [-0.1, -0.05) is 43.0 Å². The van der Waals surface area contributed by atoms with E-state index in [1.165, 1.54) is 23.1 Å². The molecule has 6 atom stereocenters. The third-order valence-corrected chi connectivity index (χ3v) is 12.2. The summed E-state index contributed by atoms with van der Waals surface area (Å²) in [4.78, 5) is 52.3. The molecular formula is C33H27Cl2F5N2O5. The topological polar surface area (TPSA) is 95.0 Å². The third-order valence-electron chi connectivity index (χ3n) is 10.7. The molecule has 6 unspecified atom stereocenters. The van der Waals surface area contributed by atoms with Gasteiger partial charge in [-0.25, -0.2) is 26.9 Å². The Morgan fingerprint density at radius 3 is 2.06 bits per heavy atom. The molecule has 5 aliphatic rings. The molecule has 4 fully saturated rings. The van der Waals surface area contributed by atoms with E-state index in [0.717, 1.165) is 19.3 Å². The number of anilines is 1. The molecule has 0 radical (unpaired) electrons. The monoisotopic (exact) mass is 696 g/mol. The molecular weight excluding hydrogens is 670 g/mol. The molecule has 2 aliphatic heterocycles. The zero-order valence-electron chi connectivity index (χ0n) is 24.8. The van der Waals surface area contributed by atoms with E-state index in [4.69, 9.17) is 23.2 Å². The maximum absolute atomic E-state index is 15.2. The van der Waals surface area contributed by atoms with Crippen molar-refractivity contribution in [2.75, 3.05) is 4.90 Å². The van der Waals surface area contributed by atoms with Crippen LogP contribution in [0.3, 0.4) is 0 Å². The second kappa shape index (κ2) is 10.7. The van der Waals surface area contributed by atoms with Crippen molar-refractivity contribution in [1.82, 2.24) is 4.90 Å². The van der Waals surface area contributed by atoms with E-state index in [2.05, 4.69) is 0 Å². The fraction of sp³-hybridized carbons (Fsp3) is 0.455. The van der Waals surface area contributed by atoms with Gasteiger partial charge in [-0.15, -0.1) is 23.2 Å². The number of carbonyl (C=O) groups is 4. The van der Waals surface area contributed by atoms with Crippen LogP contribution in [-0.4, -0.2) is 49.4 Å². The molecule has 2 saturated carbocycles. The first-order valence-corrected chi connectivity index (χ1v) is 16.1. The maximum atomic E-state index is 15.2. The minimum absolute atomic E-state index is 0.0869. The molecule has 2 aromatic rings. The summed E-state index contributed by atoms with van der Waals surface area (Å²) in [6, 6.07) is 3.87. The Balaban J connectivity index is 1.42. The SMILES string of the molecule is Cc1cc(C2C3=CCC4C(=O)N(C5CCCCC5)C(=O)C4C3CC3(Cl)C(=O)N(c4c(F)c(F)c(F)c(F)c4F)C(=O)C23Cl)ccc1O. The lowest BCUT2D eigenvalue weighted by molar-refractivity contribution is -0.143. The number of hydrogen-bond acceptors (Lipinski definition) is 5. The molecule has 3 aliphatic carbocycles. The fourth-order valence-corrected chi connectivity index (χ4v) is 9.46. The van der Waals surface area contributed by atoms with Gasteiger partial charge < -0.3 is 5.11 Å². The first-order chi connectivity index (χ1) is 22.2. The van der Waals surface area contributed by atoms with Crippen molar-refractivity contribution in [2.45, 2.75) is 73.6 Å². The summed E-state index contributed by atoms with van der Waals surface area (Å²) in [7, 11) is 0. The van der Waals surface area contributed by atoms with Crippen molar-refractivity contribution in [3.8, 4) is 5.75 Å². The molecule has 2 heterocycles. The van der Waals surface area contributed by atoms with Crippen LogP contribution in [0.1, 0.15) is 62.0 Å². The molecule has 7 rings (SSSR count). The van der Waals surface area contributed by atoms with E-state index in [0.29, 0.717) is 24.0 Å². The smallest absolute Gasteiger partial charge is 0.258 e. The first-order valence-electron chi connectivity index (χ1n) is 15.3. The number of carbonyl (C=O) groups excluding carboxylic acids is 4. The third kappa shape index (κ3) is 4.09. The van der Waals surface area contributed by atoms with Gasteiger partial charge in [-0.05, 0) is 55.7 Å². The average molecular weight is 697 g/mol. The van der Waals surface area contributed by atoms with Crippen LogP contribution in [0.15, 0.2) is 29.8 Å². The van der Waals surface area contributed by atoms with E-state index in [1.807, 2.05) is 0 Å². The highest BCUT2D eigenvalue weighted by Gasteiger charge is 2.77.